The van der Waals surface area contributed by atoms with Crippen molar-refractivity contribution < 1.29 is 34.8 Å². The zero-order valence-electron chi connectivity index (χ0n) is 20.8. The van der Waals surface area contributed by atoms with E-state index in [-0.39, 0.29) is 29.7 Å². The fourth-order valence-corrected chi connectivity index (χ4v) is 6.12. The van der Waals surface area contributed by atoms with Gasteiger partial charge in [-0.1, -0.05) is 6.92 Å². The molecule has 4 atom stereocenters. The molecule has 0 unspecified atom stereocenters. The summed E-state index contributed by atoms with van der Waals surface area (Å²) in [4.78, 5) is 42.7. The monoisotopic (exact) mass is 484 g/mol. The summed E-state index contributed by atoms with van der Waals surface area (Å²) < 4.78 is 0. The zero-order chi connectivity index (χ0) is 26.1. The number of fused-ring (bicyclic) bond motifs is 3. The van der Waals surface area contributed by atoms with Gasteiger partial charge < -0.3 is 25.3 Å². The van der Waals surface area contributed by atoms with E-state index in [1.54, 1.807) is 14.1 Å². The van der Waals surface area contributed by atoms with Gasteiger partial charge in [0.05, 0.1) is 11.6 Å². The van der Waals surface area contributed by atoms with Crippen molar-refractivity contribution in [2.75, 3.05) is 33.1 Å². The van der Waals surface area contributed by atoms with Gasteiger partial charge >= 0.3 is 0 Å². The molecule has 1 aromatic rings. The standard InChI is InChI=1S/C26H32N2O7/c1-7-12-10-16(27(3)4)14-8-13-9-15-20(28(5)6)23(32)17(11(2)29)24(33)26(15,35)25(34)18(13)22(31)19(14)21(12)30/h10,13,15,20,30-31,33,35H,7-9H2,1-6H3/t13-,15-,20-,26+/m0/s1. The number of carbonyl (C=O) groups is 3. The number of aromatic hydroxyl groups is 1. The molecule has 0 spiro atoms. The van der Waals surface area contributed by atoms with E-state index in [0.29, 0.717) is 17.5 Å². The lowest BCUT2D eigenvalue weighted by Crippen LogP contribution is -2.65. The van der Waals surface area contributed by atoms with E-state index in [2.05, 4.69) is 0 Å². The number of likely N-dealkylation sites (N-methyl/N-ethyl adjacent to an activating group) is 1. The number of carbonyl (C=O) groups excluding carboxylic acids is 3. The topological polar surface area (TPSA) is 139 Å². The number of aliphatic hydroxyl groups is 3. The van der Waals surface area contributed by atoms with Gasteiger partial charge in [-0.3, -0.25) is 19.3 Å². The van der Waals surface area contributed by atoms with E-state index in [4.69, 9.17) is 0 Å². The van der Waals surface area contributed by atoms with Crippen LogP contribution in [0.5, 0.6) is 5.75 Å². The van der Waals surface area contributed by atoms with Crippen LogP contribution in [0.1, 0.15) is 37.0 Å². The summed E-state index contributed by atoms with van der Waals surface area (Å²) >= 11 is 0. The molecule has 1 fully saturated rings. The van der Waals surface area contributed by atoms with Crippen molar-refractivity contribution in [1.29, 1.82) is 0 Å². The Kier molecular flexibility index (Phi) is 5.84. The first-order chi connectivity index (χ1) is 16.3. The molecule has 3 aliphatic carbocycles. The minimum absolute atomic E-state index is 0.105. The normalized spacial score (nSPS) is 28.2. The summed E-state index contributed by atoms with van der Waals surface area (Å²) in [7, 11) is 6.92. The van der Waals surface area contributed by atoms with Gasteiger partial charge in [0, 0.05) is 31.3 Å². The Labute approximate surface area is 204 Å². The number of rotatable bonds is 4. The fraction of sp³-hybridized carbons (Fsp3) is 0.500. The molecule has 0 aliphatic heterocycles. The Bertz CT molecular complexity index is 1230. The number of nitrogens with zero attached hydrogens (tertiary/aromatic N) is 2. The molecule has 0 heterocycles. The maximum Gasteiger partial charge on any atom is 0.202 e. The first kappa shape index (κ1) is 24.9. The molecule has 1 saturated carbocycles. The van der Waals surface area contributed by atoms with E-state index in [1.807, 2.05) is 32.0 Å². The number of hydrogen-bond acceptors (Lipinski definition) is 9. The molecule has 0 bridgehead atoms. The van der Waals surface area contributed by atoms with Crippen molar-refractivity contribution >= 4 is 28.8 Å². The highest BCUT2D eigenvalue weighted by molar-refractivity contribution is 6.25. The number of ketones is 3. The molecule has 9 nitrogen and oxygen atoms in total. The molecule has 0 aromatic heterocycles. The van der Waals surface area contributed by atoms with Crippen molar-refractivity contribution in [3.8, 4) is 5.75 Å². The van der Waals surface area contributed by atoms with E-state index in [1.165, 1.54) is 4.90 Å². The summed E-state index contributed by atoms with van der Waals surface area (Å²) in [6.07, 6.45) is 0.884. The predicted molar refractivity (Wildman–Crippen MR) is 129 cm³/mol. The van der Waals surface area contributed by atoms with Crippen LogP contribution in [0, 0.1) is 11.8 Å². The van der Waals surface area contributed by atoms with Gasteiger partial charge in [0.15, 0.2) is 17.2 Å². The number of Topliss-reactive ketones (excluding diaryl/α,β-unsaturated/α-hetero) is 3. The number of phenols is 1. The van der Waals surface area contributed by atoms with Crippen LogP contribution in [-0.4, -0.2) is 82.5 Å². The van der Waals surface area contributed by atoms with Crippen LogP contribution in [0.25, 0.3) is 5.76 Å². The van der Waals surface area contributed by atoms with Crippen LogP contribution in [0.2, 0.25) is 0 Å². The highest BCUT2D eigenvalue weighted by atomic mass is 16.3. The summed E-state index contributed by atoms with van der Waals surface area (Å²) in [6, 6.07) is 0.835. The summed E-state index contributed by atoms with van der Waals surface area (Å²) in [5.74, 6) is -5.49. The zero-order valence-corrected chi connectivity index (χ0v) is 20.8. The first-order valence-electron chi connectivity index (χ1n) is 11.7. The maximum atomic E-state index is 13.9. The lowest BCUT2D eigenvalue weighted by Gasteiger charge is -2.50. The highest BCUT2D eigenvalue weighted by Gasteiger charge is 2.64. The molecule has 0 radical (unpaired) electrons. The largest absolute Gasteiger partial charge is 0.508 e. The second kappa shape index (κ2) is 8.20. The molecule has 188 valence electrons. The van der Waals surface area contributed by atoms with E-state index in [0.717, 1.165) is 12.6 Å². The molecule has 35 heavy (non-hydrogen) atoms. The van der Waals surface area contributed by atoms with Crippen LogP contribution in [0.15, 0.2) is 23.0 Å². The van der Waals surface area contributed by atoms with Crippen molar-refractivity contribution in [1.82, 2.24) is 4.90 Å². The summed E-state index contributed by atoms with van der Waals surface area (Å²) in [5.41, 5.74) is -1.07. The van der Waals surface area contributed by atoms with Crippen LogP contribution in [0.3, 0.4) is 0 Å². The Morgan fingerprint density at radius 2 is 1.77 bits per heavy atom. The quantitative estimate of drug-likeness (QED) is 0.470. The molecule has 0 amide bonds. The number of hydrogen-bond donors (Lipinski definition) is 4. The van der Waals surface area contributed by atoms with E-state index in [9.17, 15) is 34.8 Å². The van der Waals surface area contributed by atoms with E-state index >= 15 is 0 Å². The molecular formula is C26H32N2O7. The lowest BCUT2D eigenvalue weighted by atomic mass is 9.57. The smallest absolute Gasteiger partial charge is 0.202 e. The van der Waals surface area contributed by atoms with Crippen LogP contribution >= 0.6 is 0 Å². The minimum Gasteiger partial charge on any atom is -0.508 e. The van der Waals surface area contributed by atoms with E-state index < -0.39 is 57.9 Å². The molecule has 1 aromatic carbocycles. The lowest BCUT2D eigenvalue weighted by molar-refractivity contribution is -0.153. The second-order valence-electron chi connectivity index (χ2n) is 10.2. The fourth-order valence-electron chi connectivity index (χ4n) is 6.12. The van der Waals surface area contributed by atoms with Gasteiger partial charge in [-0.25, -0.2) is 0 Å². The third-order valence-electron chi connectivity index (χ3n) is 7.74. The molecule has 4 N–H and O–H groups in total. The number of phenolic OH excluding ortho intramolecular Hbond substituents is 1. The van der Waals surface area contributed by atoms with Crippen molar-refractivity contribution in [3.05, 3.63) is 39.7 Å². The first-order valence-corrected chi connectivity index (χ1v) is 11.7. The molecule has 0 saturated heterocycles. The van der Waals surface area contributed by atoms with Gasteiger partial charge in [0.25, 0.3) is 0 Å². The number of aryl methyl sites for hydroxylation is 1. The van der Waals surface area contributed by atoms with Crippen molar-refractivity contribution in [2.45, 2.75) is 44.8 Å². The SMILES string of the molecule is CCc1cc(N(C)C)c2c(c1O)C(O)=C1C(=O)[C@]3(O)C(O)=C(C(C)=O)C(=O)[C@@H](N(C)C)[C@@H]3C[C@@H]1C2. The molecule has 9 heteroatoms. The third-order valence-corrected chi connectivity index (χ3v) is 7.74. The second-order valence-corrected chi connectivity index (χ2v) is 10.2. The predicted octanol–water partition coefficient (Wildman–Crippen LogP) is 1.70. The Morgan fingerprint density at radius 1 is 1.14 bits per heavy atom. The van der Waals surface area contributed by atoms with Gasteiger partial charge in [-0.05, 0) is 63.4 Å². The molecule has 3 aliphatic rings. The third kappa shape index (κ3) is 3.25. The van der Waals surface area contributed by atoms with Crippen LogP contribution in [-0.2, 0) is 27.2 Å². The van der Waals surface area contributed by atoms with Gasteiger partial charge in [-0.2, -0.15) is 0 Å². The molecular weight excluding hydrogens is 452 g/mol. The average Bonchev–Trinajstić information content (AvgIpc) is 2.75. The van der Waals surface area contributed by atoms with Crippen LogP contribution in [0.4, 0.5) is 5.69 Å². The number of aliphatic hydroxyl groups excluding tert-OH is 2. The average molecular weight is 485 g/mol. The van der Waals surface area contributed by atoms with Crippen molar-refractivity contribution in [2.24, 2.45) is 11.8 Å². The minimum atomic E-state index is -2.55. The summed E-state index contributed by atoms with van der Waals surface area (Å²) in [5, 5.41) is 45.0. The maximum absolute atomic E-state index is 13.9. The number of benzene rings is 1. The Morgan fingerprint density at radius 3 is 2.29 bits per heavy atom. The van der Waals surface area contributed by atoms with Gasteiger partial charge in [0.1, 0.15) is 22.8 Å². The van der Waals surface area contributed by atoms with Crippen LogP contribution < -0.4 is 4.90 Å². The van der Waals surface area contributed by atoms with Crippen molar-refractivity contribution in [3.63, 3.8) is 0 Å². The Hall–Kier alpha value is -3.17. The number of anilines is 1. The van der Waals surface area contributed by atoms with Gasteiger partial charge in [0.2, 0.25) is 5.78 Å². The van der Waals surface area contributed by atoms with Gasteiger partial charge in [-0.15, -0.1) is 0 Å². The molecule has 4 rings (SSSR count). The summed E-state index contributed by atoms with van der Waals surface area (Å²) in [6.45, 7) is 2.96. The Balaban J connectivity index is 2.01. The highest BCUT2D eigenvalue weighted by Crippen LogP contribution is 2.54.